The van der Waals surface area contributed by atoms with E-state index in [1.54, 1.807) is 18.3 Å². The third-order valence-corrected chi connectivity index (χ3v) is 3.94. The Morgan fingerprint density at radius 3 is 2.84 bits per heavy atom. The number of aromatic nitrogens is 1. The van der Waals surface area contributed by atoms with Gasteiger partial charge >= 0.3 is 0 Å². The highest BCUT2D eigenvalue weighted by Crippen LogP contribution is 2.27. The van der Waals surface area contributed by atoms with E-state index in [9.17, 15) is 5.11 Å². The molecule has 3 nitrogen and oxygen atoms in total. The first-order chi connectivity index (χ1) is 9.10. The fourth-order valence-electron chi connectivity index (χ4n) is 1.84. The smallest absolute Gasteiger partial charge is 0.131 e. The van der Waals surface area contributed by atoms with Crippen molar-refractivity contribution in [3.05, 3.63) is 45.4 Å². The summed E-state index contributed by atoms with van der Waals surface area (Å²) in [5.41, 5.74) is 2.88. The van der Waals surface area contributed by atoms with E-state index < -0.39 is 6.10 Å². The Bertz CT molecular complexity index is 549. The Morgan fingerprint density at radius 1 is 1.42 bits per heavy atom. The van der Waals surface area contributed by atoms with Gasteiger partial charge in [-0.3, -0.25) is 0 Å². The molecule has 1 atom stereocenters. The Kier molecular flexibility index (Phi) is 4.56. The molecule has 0 unspecified atom stereocenters. The van der Waals surface area contributed by atoms with Crippen molar-refractivity contribution in [3.63, 3.8) is 0 Å². The summed E-state index contributed by atoms with van der Waals surface area (Å²) in [6.45, 7) is 6.29. The van der Waals surface area contributed by atoms with Crippen LogP contribution in [0.4, 0.5) is 0 Å². The molecule has 1 aromatic heterocycles. The third kappa shape index (κ3) is 3.55. The van der Waals surface area contributed by atoms with Crippen LogP contribution in [0.2, 0.25) is 0 Å². The van der Waals surface area contributed by atoms with Crippen LogP contribution < -0.4 is 4.74 Å². The van der Waals surface area contributed by atoms with Crippen molar-refractivity contribution in [1.29, 1.82) is 0 Å². The van der Waals surface area contributed by atoms with E-state index in [1.807, 2.05) is 30.5 Å². The fraction of sp³-hybridized carbons (Fsp3) is 0.400. The summed E-state index contributed by atoms with van der Waals surface area (Å²) in [6, 6.07) is 5.84. The number of thiazole rings is 1. The molecule has 1 aromatic carbocycles. The third-order valence-electron chi connectivity index (χ3n) is 2.90. The monoisotopic (exact) mass is 277 g/mol. The molecule has 0 aliphatic carbocycles. The highest BCUT2D eigenvalue weighted by molar-refractivity contribution is 7.09. The average molecular weight is 277 g/mol. The number of hydrogen-bond acceptors (Lipinski definition) is 4. The molecular weight excluding hydrogens is 258 g/mol. The molecule has 0 amide bonds. The molecule has 102 valence electrons. The zero-order chi connectivity index (χ0) is 13.8. The van der Waals surface area contributed by atoms with Crippen molar-refractivity contribution in [2.45, 2.75) is 39.9 Å². The molecule has 4 heteroatoms. The number of ether oxygens (including phenoxy) is 1. The minimum atomic E-state index is -0.530. The lowest BCUT2D eigenvalue weighted by atomic mass is 10.1. The van der Waals surface area contributed by atoms with Crippen molar-refractivity contribution in [1.82, 2.24) is 4.98 Å². The molecule has 1 heterocycles. The second-order valence-electron chi connectivity index (χ2n) is 4.59. The molecule has 2 rings (SSSR count). The second-order valence-corrected chi connectivity index (χ2v) is 5.53. The summed E-state index contributed by atoms with van der Waals surface area (Å²) in [4.78, 5) is 4.47. The summed E-state index contributed by atoms with van der Waals surface area (Å²) in [6.07, 6.45) is 0.422. The van der Waals surface area contributed by atoms with Gasteiger partial charge in [0.05, 0.1) is 16.8 Å². The zero-order valence-electron chi connectivity index (χ0n) is 11.5. The fourth-order valence-corrected chi connectivity index (χ4v) is 2.57. The lowest BCUT2D eigenvalue weighted by Gasteiger charge is -2.13. The maximum Gasteiger partial charge on any atom is 0.131 e. The van der Waals surface area contributed by atoms with E-state index >= 15 is 0 Å². The van der Waals surface area contributed by atoms with E-state index in [4.69, 9.17) is 4.74 Å². The van der Waals surface area contributed by atoms with Crippen molar-refractivity contribution >= 4 is 11.3 Å². The Labute approximate surface area is 117 Å². The van der Waals surface area contributed by atoms with Gasteiger partial charge in [0.2, 0.25) is 0 Å². The van der Waals surface area contributed by atoms with Crippen LogP contribution in [0.5, 0.6) is 5.75 Å². The van der Waals surface area contributed by atoms with Crippen molar-refractivity contribution in [3.8, 4) is 5.75 Å². The number of rotatable bonds is 5. The summed E-state index contributed by atoms with van der Waals surface area (Å²) in [5.74, 6) is 0.737. The van der Waals surface area contributed by atoms with Gasteiger partial charge in [-0.05, 0) is 31.9 Å². The molecule has 0 saturated carbocycles. The molecule has 1 N–H and O–H groups in total. The van der Waals surface area contributed by atoms with Gasteiger partial charge in [0.1, 0.15) is 12.4 Å². The molecule has 0 radical (unpaired) electrons. The highest BCUT2D eigenvalue weighted by atomic mass is 32.1. The minimum Gasteiger partial charge on any atom is -0.487 e. The molecule has 19 heavy (non-hydrogen) atoms. The largest absolute Gasteiger partial charge is 0.487 e. The summed E-state index contributed by atoms with van der Waals surface area (Å²) >= 11 is 1.66. The maximum atomic E-state index is 9.74. The predicted molar refractivity (Wildman–Crippen MR) is 77.6 cm³/mol. The van der Waals surface area contributed by atoms with Crippen LogP contribution in [0.3, 0.4) is 0 Å². The van der Waals surface area contributed by atoms with Crippen LogP contribution >= 0.6 is 11.3 Å². The molecule has 0 fully saturated rings. The van der Waals surface area contributed by atoms with Gasteiger partial charge < -0.3 is 9.84 Å². The topological polar surface area (TPSA) is 42.4 Å². The van der Waals surface area contributed by atoms with Crippen LogP contribution in [-0.4, -0.2) is 10.1 Å². The molecule has 0 aliphatic heterocycles. The number of aliphatic hydroxyl groups is 1. The van der Waals surface area contributed by atoms with Crippen LogP contribution in [0.1, 0.15) is 41.8 Å². The zero-order valence-corrected chi connectivity index (χ0v) is 12.3. The van der Waals surface area contributed by atoms with Crippen LogP contribution in [-0.2, 0) is 13.0 Å². The van der Waals surface area contributed by atoms with Crippen LogP contribution in [0.25, 0.3) is 0 Å². The Balaban J connectivity index is 2.12. The lowest BCUT2D eigenvalue weighted by Crippen LogP contribution is -2.01. The van der Waals surface area contributed by atoms with Gasteiger partial charge in [-0.25, -0.2) is 4.98 Å². The Hall–Kier alpha value is -1.39. The van der Waals surface area contributed by atoms with E-state index in [2.05, 4.69) is 11.9 Å². The molecule has 0 aliphatic rings. The van der Waals surface area contributed by atoms with Crippen LogP contribution in [0, 0.1) is 6.92 Å². The maximum absolute atomic E-state index is 9.74. The summed E-state index contributed by atoms with van der Waals surface area (Å²) in [7, 11) is 0. The van der Waals surface area contributed by atoms with E-state index in [0.717, 1.165) is 34.0 Å². The first-order valence-electron chi connectivity index (χ1n) is 6.44. The van der Waals surface area contributed by atoms with Crippen LogP contribution in [0.15, 0.2) is 23.6 Å². The number of aliphatic hydroxyl groups excluding tert-OH is 1. The standard InChI is InChI=1S/C15H19NO2S/c1-4-15-16-12(9-19-15)8-18-14-7-10(2)5-6-13(14)11(3)17/h5-7,9,11,17H,4,8H2,1-3H3/t11-/m1/s1. The number of benzene rings is 1. The first kappa shape index (κ1) is 14.0. The quantitative estimate of drug-likeness (QED) is 0.907. The average Bonchev–Trinajstić information content (AvgIpc) is 2.84. The van der Waals surface area contributed by atoms with Crippen molar-refractivity contribution in [2.75, 3.05) is 0 Å². The predicted octanol–water partition coefficient (Wildman–Crippen LogP) is 3.65. The van der Waals surface area contributed by atoms with Gasteiger partial charge in [0.15, 0.2) is 0 Å². The number of aryl methyl sites for hydroxylation is 2. The van der Waals surface area contributed by atoms with Gasteiger partial charge in [-0.1, -0.05) is 19.1 Å². The normalized spacial score (nSPS) is 12.4. The molecule has 2 aromatic rings. The molecule has 0 bridgehead atoms. The number of hydrogen-bond donors (Lipinski definition) is 1. The van der Waals surface area contributed by atoms with E-state index in [1.165, 1.54) is 0 Å². The van der Waals surface area contributed by atoms with Gasteiger partial charge in [0, 0.05) is 10.9 Å². The summed E-state index contributed by atoms with van der Waals surface area (Å²) < 4.78 is 5.81. The molecule has 0 saturated heterocycles. The van der Waals surface area contributed by atoms with Crippen molar-refractivity contribution < 1.29 is 9.84 Å². The highest BCUT2D eigenvalue weighted by Gasteiger charge is 2.10. The molecular formula is C15H19NO2S. The van der Waals surface area contributed by atoms with Crippen molar-refractivity contribution in [2.24, 2.45) is 0 Å². The number of nitrogens with zero attached hydrogens (tertiary/aromatic N) is 1. The SMILES string of the molecule is CCc1nc(COc2cc(C)ccc2[C@@H](C)O)cs1. The van der Waals surface area contributed by atoms with Gasteiger partial charge in [0.25, 0.3) is 0 Å². The molecule has 0 spiro atoms. The van der Waals surface area contributed by atoms with E-state index in [-0.39, 0.29) is 0 Å². The second kappa shape index (κ2) is 6.17. The summed E-state index contributed by atoms with van der Waals surface area (Å²) in [5, 5.41) is 12.9. The minimum absolute atomic E-state index is 0.444. The Morgan fingerprint density at radius 2 is 2.21 bits per heavy atom. The lowest BCUT2D eigenvalue weighted by molar-refractivity contribution is 0.190. The van der Waals surface area contributed by atoms with Gasteiger partial charge in [-0.15, -0.1) is 11.3 Å². The van der Waals surface area contributed by atoms with Gasteiger partial charge in [-0.2, -0.15) is 0 Å². The first-order valence-corrected chi connectivity index (χ1v) is 7.32. The van der Waals surface area contributed by atoms with E-state index in [0.29, 0.717) is 6.61 Å².